The number of nitrogens with zero attached hydrogens (tertiary/aromatic N) is 4. The number of carbonyl (C=O) groups is 1. The Balaban J connectivity index is 1.28. The van der Waals surface area contributed by atoms with Gasteiger partial charge in [0.05, 0.1) is 23.0 Å². The minimum Gasteiger partial charge on any atom is -0.487 e. The van der Waals surface area contributed by atoms with Crippen LogP contribution < -0.4 is 15.9 Å². The van der Waals surface area contributed by atoms with Crippen LogP contribution in [0, 0.1) is 0 Å². The molecule has 3 atom stereocenters. The van der Waals surface area contributed by atoms with E-state index in [2.05, 4.69) is 21.9 Å². The van der Waals surface area contributed by atoms with Gasteiger partial charge in [0.1, 0.15) is 23.1 Å². The Morgan fingerprint density at radius 3 is 2.60 bits per heavy atom. The lowest BCUT2D eigenvalue weighted by Gasteiger charge is -2.21. The van der Waals surface area contributed by atoms with Crippen LogP contribution in [0.3, 0.4) is 0 Å². The van der Waals surface area contributed by atoms with Crippen molar-refractivity contribution in [2.75, 3.05) is 26.2 Å². The molecule has 0 aliphatic carbocycles. The highest BCUT2D eigenvalue weighted by Gasteiger charge is 2.31. The van der Waals surface area contributed by atoms with E-state index in [1.807, 2.05) is 47.4 Å². The molecule has 10 heteroatoms. The third-order valence-corrected chi connectivity index (χ3v) is 9.23. The van der Waals surface area contributed by atoms with Crippen molar-refractivity contribution in [1.82, 2.24) is 29.5 Å². The molecule has 3 aromatic carbocycles. The monoisotopic (exact) mass is 576 g/mol. The van der Waals surface area contributed by atoms with Crippen LogP contribution in [0.4, 0.5) is 0 Å². The number of rotatable bonds is 2. The number of para-hydroxylation sites is 1. The third kappa shape index (κ3) is 4.36. The maximum absolute atomic E-state index is 13.5. The van der Waals surface area contributed by atoms with E-state index < -0.39 is 0 Å². The smallest absolute Gasteiger partial charge is 0.275 e. The van der Waals surface area contributed by atoms with Crippen LogP contribution in [-0.4, -0.2) is 73.8 Å². The van der Waals surface area contributed by atoms with Crippen LogP contribution in [0.15, 0.2) is 64.2 Å². The van der Waals surface area contributed by atoms with Gasteiger partial charge in [-0.2, -0.15) is 0 Å². The Kier molecular flexibility index (Phi) is 6.01. The highest BCUT2D eigenvalue weighted by Crippen LogP contribution is 2.35. The summed E-state index contributed by atoms with van der Waals surface area (Å²) < 4.78 is 8.31. The van der Waals surface area contributed by atoms with E-state index in [1.165, 1.54) is 0 Å². The largest absolute Gasteiger partial charge is 0.487 e. The first-order chi connectivity index (χ1) is 20.9. The number of fused-ring (bicyclic) bond motifs is 5. The summed E-state index contributed by atoms with van der Waals surface area (Å²) in [5.74, 6) is 0.656. The van der Waals surface area contributed by atoms with E-state index in [0.717, 1.165) is 50.0 Å². The second kappa shape index (κ2) is 9.95. The zero-order valence-electron chi connectivity index (χ0n) is 23.9. The molecule has 3 aliphatic rings. The van der Waals surface area contributed by atoms with E-state index in [-0.39, 0.29) is 34.9 Å². The SMILES string of the molecule is C[C@@H]1CC2CN1CCn1[nH]c3c(cccc3c1=O)-c1nc3c(cc(-c4ccc(C(=O)N5CCCC5)cc4)cc3[nH]c1=O)O2. The molecule has 218 valence electrons. The van der Waals surface area contributed by atoms with Crippen molar-refractivity contribution < 1.29 is 9.53 Å². The highest BCUT2D eigenvalue weighted by molar-refractivity contribution is 5.96. The first kappa shape index (κ1) is 26.0. The van der Waals surface area contributed by atoms with Crippen molar-refractivity contribution >= 4 is 27.8 Å². The Hall–Kier alpha value is -4.70. The summed E-state index contributed by atoms with van der Waals surface area (Å²) >= 11 is 0. The Labute approximate surface area is 246 Å². The fourth-order valence-electron chi connectivity index (χ4n) is 6.90. The van der Waals surface area contributed by atoms with Gasteiger partial charge >= 0.3 is 0 Å². The van der Waals surface area contributed by atoms with E-state index in [1.54, 1.807) is 16.8 Å². The number of H-pyrrole nitrogens is 2. The molecule has 2 unspecified atom stereocenters. The van der Waals surface area contributed by atoms with Gasteiger partial charge in [-0.25, -0.2) is 4.98 Å². The Bertz CT molecular complexity index is 2020. The van der Waals surface area contributed by atoms with Gasteiger partial charge in [-0.15, -0.1) is 0 Å². The molecule has 0 spiro atoms. The predicted molar refractivity (Wildman–Crippen MR) is 165 cm³/mol. The summed E-state index contributed by atoms with van der Waals surface area (Å²) in [5.41, 5.74) is 4.49. The molecule has 2 N–H and O–H groups in total. The summed E-state index contributed by atoms with van der Waals surface area (Å²) in [5, 5.41) is 3.79. The number of benzene rings is 3. The molecule has 6 bridgehead atoms. The highest BCUT2D eigenvalue weighted by atomic mass is 16.5. The topological polar surface area (TPSA) is 116 Å². The van der Waals surface area contributed by atoms with Crippen molar-refractivity contribution in [3.63, 3.8) is 0 Å². The third-order valence-electron chi connectivity index (χ3n) is 9.23. The van der Waals surface area contributed by atoms with E-state index in [9.17, 15) is 14.4 Å². The number of hydrogen-bond acceptors (Lipinski definition) is 6. The molecule has 2 fully saturated rings. The first-order valence-corrected chi connectivity index (χ1v) is 15.0. The van der Waals surface area contributed by atoms with Crippen LogP contribution in [0.1, 0.15) is 36.5 Å². The zero-order chi connectivity index (χ0) is 29.2. The van der Waals surface area contributed by atoms with Crippen LogP contribution >= 0.6 is 0 Å². The Morgan fingerprint density at radius 1 is 0.977 bits per heavy atom. The molecule has 8 rings (SSSR count). The molecular formula is C33H32N6O4. The molecular weight excluding hydrogens is 544 g/mol. The summed E-state index contributed by atoms with van der Waals surface area (Å²) in [4.78, 5) is 51.8. The quantitative estimate of drug-likeness (QED) is 0.328. The lowest BCUT2D eigenvalue weighted by Crippen LogP contribution is -2.33. The van der Waals surface area contributed by atoms with Gasteiger partial charge in [0.25, 0.3) is 17.0 Å². The van der Waals surface area contributed by atoms with Gasteiger partial charge in [0.15, 0.2) is 0 Å². The van der Waals surface area contributed by atoms with Gasteiger partial charge < -0.3 is 14.6 Å². The molecule has 5 heterocycles. The number of nitrogens with one attached hydrogen (secondary N) is 2. The predicted octanol–water partition coefficient (Wildman–Crippen LogP) is 3.99. The second-order valence-electron chi connectivity index (χ2n) is 12.0. The average Bonchev–Trinajstić information content (AvgIpc) is 3.75. The zero-order valence-corrected chi connectivity index (χ0v) is 23.9. The fourth-order valence-corrected chi connectivity index (χ4v) is 6.90. The lowest BCUT2D eigenvalue weighted by molar-refractivity contribution is 0.0793. The van der Waals surface area contributed by atoms with E-state index >= 15 is 0 Å². The van der Waals surface area contributed by atoms with Gasteiger partial charge in [0.2, 0.25) is 0 Å². The minimum atomic E-state index is -0.351. The Morgan fingerprint density at radius 2 is 1.79 bits per heavy atom. The number of aromatic amines is 2. The van der Waals surface area contributed by atoms with Crippen molar-refractivity contribution in [2.24, 2.45) is 0 Å². The number of ether oxygens (including phenoxy) is 1. The first-order valence-electron chi connectivity index (χ1n) is 15.0. The average molecular weight is 577 g/mol. The molecule has 1 amide bonds. The van der Waals surface area contributed by atoms with Crippen molar-refractivity contribution in [1.29, 1.82) is 0 Å². The van der Waals surface area contributed by atoms with Crippen molar-refractivity contribution in [2.45, 2.75) is 44.9 Å². The minimum absolute atomic E-state index is 0.0624. The van der Waals surface area contributed by atoms with Crippen LogP contribution in [-0.2, 0) is 6.54 Å². The number of hydrogen-bond donors (Lipinski definition) is 2. The maximum atomic E-state index is 13.5. The molecule has 10 nitrogen and oxygen atoms in total. The maximum Gasteiger partial charge on any atom is 0.275 e. The fraction of sp³-hybridized carbons (Fsp3) is 0.333. The van der Waals surface area contributed by atoms with E-state index in [4.69, 9.17) is 9.72 Å². The summed E-state index contributed by atoms with van der Waals surface area (Å²) in [6, 6.07) is 17.2. The molecule has 5 aromatic rings. The van der Waals surface area contributed by atoms with Crippen LogP contribution in [0.5, 0.6) is 5.75 Å². The standard InChI is InChI=1S/C33H32N6O4/c1-19-15-23-18-38(19)13-14-39-33(42)25-6-4-5-24(28(25)36-39)29-31(40)34-26-16-22(17-27(43-23)30(26)35-29)20-7-9-21(10-8-20)32(41)37-11-2-3-12-37/h4-10,16-17,19,23,36H,2-3,11-15,18H2,1H3,(H,34,40)/t19-,23?/m1/s1. The van der Waals surface area contributed by atoms with Crippen molar-refractivity contribution in [3.8, 4) is 28.1 Å². The molecule has 43 heavy (non-hydrogen) atoms. The van der Waals surface area contributed by atoms with E-state index in [0.29, 0.717) is 51.9 Å². The van der Waals surface area contributed by atoms with Crippen molar-refractivity contribution in [3.05, 3.63) is 80.9 Å². The molecule has 3 aliphatic heterocycles. The van der Waals surface area contributed by atoms with Gasteiger partial charge in [-0.05, 0) is 61.2 Å². The van der Waals surface area contributed by atoms with Crippen LogP contribution in [0.2, 0.25) is 0 Å². The summed E-state index contributed by atoms with van der Waals surface area (Å²) in [6.07, 6.45) is 2.86. The number of amides is 1. The summed E-state index contributed by atoms with van der Waals surface area (Å²) in [6.45, 7) is 5.72. The summed E-state index contributed by atoms with van der Waals surface area (Å²) in [7, 11) is 0. The van der Waals surface area contributed by atoms with Gasteiger partial charge in [-0.3, -0.25) is 29.1 Å². The van der Waals surface area contributed by atoms with Gasteiger partial charge in [0, 0.05) is 49.8 Å². The molecule has 2 aromatic heterocycles. The normalized spacial score (nSPS) is 21.5. The number of carbonyl (C=O) groups excluding carboxylic acids is 1. The number of likely N-dealkylation sites (tertiary alicyclic amines) is 1. The second-order valence-corrected chi connectivity index (χ2v) is 12.0. The van der Waals surface area contributed by atoms with Crippen LogP contribution in [0.25, 0.3) is 44.3 Å². The van der Waals surface area contributed by atoms with Gasteiger partial charge in [-0.1, -0.05) is 24.3 Å². The number of aromatic nitrogens is 4. The molecule has 0 saturated carbocycles. The molecule has 2 saturated heterocycles. The molecule has 0 radical (unpaired) electrons. The lowest BCUT2D eigenvalue weighted by atomic mass is 10.0.